The molecule has 0 saturated heterocycles. The molecule has 92 valence electrons. The fourth-order valence-electron chi connectivity index (χ4n) is 5.43. The third kappa shape index (κ3) is 1.64. The largest absolute Gasteiger partial charge is 0.0620 e. The molecule has 0 heterocycles. The molecular weight excluding hydrogens is 192 g/mol. The van der Waals surface area contributed by atoms with E-state index < -0.39 is 0 Å². The molecule has 0 nitrogen and oxygen atoms in total. The van der Waals surface area contributed by atoms with Gasteiger partial charge in [-0.3, -0.25) is 0 Å². The summed E-state index contributed by atoms with van der Waals surface area (Å²) in [6.45, 7) is 5.08. The molecule has 3 fully saturated rings. The third-order valence-corrected chi connectivity index (χ3v) is 6.38. The van der Waals surface area contributed by atoms with Crippen LogP contribution in [-0.4, -0.2) is 0 Å². The van der Waals surface area contributed by atoms with Crippen molar-refractivity contribution in [1.82, 2.24) is 0 Å². The van der Waals surface area contributed by atoms with Gasteiger partial charge in [-0.1, -0.05) is 65.2 Å². The maximum atomic E-state index is 2.54. The predicted octanol–water partition coefficient (Wildman–Crippen LogP) is 4.89. The molecule has 3 aliphatic rings. The van der Waals surface area contributed by atoms with Crippen molar-refractivity contribution in [2.24, 2.45) is 35.5 Å². The Kier molecular flexibility index (Phi) is 3.02. The van der Waals surface area contributed by atoms with Gasteiger partial charge in [0.05, 0.1) is 0 Å². The standard InChI is InChI=1S/C16H28/c1-11-12(2)16(14-9-5-6-10-14)15(11)13-7-3-4-8-13/h11-16H,3-10H2,1-2H3. The smallest absolute Gasteiger partial charge is 0.0324 e. The van der Waals surface area contributed by atoms with Crippen molar-refractivity contribution >= 4 is 0 Å². The zero-order valence-electron chi connectivity index (χ0n) is 11.1. The first-order valence-corrected chi connectivity index (χ1v) is 7.79. The summed E-state index contributed by atoms with van der Waals surface area (Å²) in [5.41, 5.74) is 0. The van der Waals surface area contributed by atoms with Crippen LogP contribution in [0.25, 0.3) is 0 Å². The molecule has 4 atom stereocenters. The summed E-state index contributed by atoms with van der Waals surface area (Å²) >= 11 is 0. The number of rotatable bonds is 2. The van der Waals surface area contributed by atoms with Crippen molar-refractivity contribution < 1.29 is 0 Å². The molecule has 0 bridgehead atoms. The molecule has 3 rings (SSSR count). The van der Waals surface area contributed by atoms with E-state index in [1.807, 2.05) is 0 Å². The molecular formula is C16H28. The van der Waals surface area contributed by atoms with Crippen LogP contribution < -0.4 is 0 Å². The normalized spacial score (nSPS) is 46.1. The summed E-state index contributed by atoms with van der Waals surface area (Å²) in [5.74, 6) is 6.57. The first-order chi connectivity index (χ1) is 7.79. The van der Waals surface area contributed by atoms with Crippen LogP contribution in [0.2, 0.25) is 0 Å². The Hall–Kier alpha value is 0. The highest BCUT2D eigenvalue weighted by Gasteiger charge is 2.51. The van der Waals surface area contributed by atoms with Crippen molar-refractivity contribution in [3.05, 3.63) is 0 Å². The Bertz CT molecular complexity index is 206. The van der Waals surface area contributed by atoms with Crippen LogP contribution >= 0.6 is 0 Å². The fourth-order valence-corrected chi connectivity index (χ4v) is 5.43. The average molecular weight is 220 g/mol. The summed E-state index contributed by atoms with van der Waals surface area (Å²) in [6.07, 6.45) is 12.4. The molecule has 0 N–H and O–H groups in total. The Balaban J connectivity index is 1.69. The minimum atomic E-state index is 1.04. The van der Waals surface area contributed by atoms with E-state index in [4.69, 9.17) is 0 Å². The van der Waals surface area contributed by atoms with Crippen molar-refractivity contribution in [3.63, 3.8) is 0 Å². The van der Waals surface area contributed by atoms with Crippen LogP contribution in [0.1, 0.15) is 65.2 Å². The molecule has 3 saturated carbocycles. The lowest BCUT2D eigenvalue weighted by Crippen LogP contribution is -2.50. The highest BCUT2D eigenvalue weighted by atomic mass is 14.6. The van der Waals surface area contributed by atoms with Crippen LogP contribution in [-0.2, 0) is 0 Å². The van der Waals surface area contributed by atoms with Crippen LogP contribution in [0.15, 0.2) is 0 Å². The third-order valence-electron chi connectivity index (χ3n) is 6.38. The Morgan fingerprint density at radius 3 is 1.19 bits per heavy atom. The molecule has 16 heavy (non-hydrogen) atoms. The molecule has 0 spiro atoms. The zero-order chi connectivity index (χ0) is 11.1. The molecule has 4 unspecified atom stereocenters. The van der Waals surface area contributed by atoms with Crippen LogP contribution in [0.5, 0.6) is 0 Å². The summed E-state index contributed by atoms with van der Waals surface area (Å²) in [6, 6.07) is 0. The predicted molar refractivity (Wildman–Crippen MR) is 69.2 cm³/mol. The first-order valence-electron chi connectivity index (χ1n) is 7.79. The van der Waals surface area contributed by atoms with E-state index in [1.54, 1.807) is 25.7 Å². The molecule has 0 radical (unpaired) electrons. The van der Waals surface area contributed by atoms with Gasteiger partial charge < -0.3 is 0 Å². The van der Waals surface area contributed by atoms with Crippen molar-refractivity contribution in [1.29, 1.82) is 0 Å². The maximum absolute atomic E-state index is 2.54. The number of hydrogen-bond acceptors (Lipinski definition) is 0. The number of hydrogen-bond donors (Lipinski definition) is 0. The SMILES string of the molecule is CC1C(C)C(C2CCCC2)C1C1CCCC1. The highest BCUT2D eigenvalue weighted by Crippen LogP contribution is 2.58. The topological polar surface area (TPSA) is 0 Å². The van der Waals surface area contributed by atoms with Gasteiger partial charge in [0.25, 0.3) is 0 Å². The van der Waals surface area contributed by atoms with Gasteiger partial charge in [0.1, 0.15) is 0 Å². The average Bonchev–Trinajstić information content (AvgIpc) is 2.96. The summed E-state index contributed by atoms with van der Waals surface area (Å²) < 4.78 is 0. The quantitative estimate of drug-likeness (QED) is 0.622. The monoisotopic (exact) mass is 220 g/mol. The second kappa shape index (κ2) is 4.35. The lowest BCUT2D eigenvalue weighted by atomic mass is 9.50. The fraction of sp³-hybridized carbons (Fsp3) is 1.00. The molecule has 0 aromatic carbocycles. The second-order valence-electron chi connectivity index (χ2n) is 6.96. The van der Waals surface area contributed by atoms with E-state index >= 15 is 0 Å². The zero-order valence-corrected chi connectivity index (χ0v) is 11.1. The molecule has 0 heteroatoms. The van der Waals surface area contributed by atoms with E-state index in [0.717, 1.165) is 35.5 Å². The lowest BCUT2D eigenvalue weighted by molar-refractivity contribution is -0.0716. The summed E-state index contributed by atoms with van der Waals surface area (Å²) in [4.78, 5) is 0. The van der Waals surface area contributed by atoms with Gasteiger partial charge in [0.2, 0.25) is 0 Å². The van der Waals surface area contributed by atoms with Gasteiger partial charge in [0.15, 0.2) is 0 Å². The lowest BCUT2D eigenvalue weighted by Gasteiger charge is -2.55. The van der Waals surface area contributed by atoms with Gasteiger partial charge in [-0.15, -0.1) is 0 Å². The van der Waals surface area contributed by atoms with E-state index in [0.29, 0.717) is 0 Å². The van der Waals surface area contributed by atoms with E-state index in [1.165, 1.54) is 25.7 Å². The summed E-state index contributed by atoms with van der Waals surface area (Å²) in [5, 5.41) is 0. The summed E-state index contributed by atoms with van der Waals surface area (Å²) in [7, 11) is 0. The van der Waals surface area contributed by atoms with Gasteiger partial charge in [-0.05, 0) is 35.5 Å². The first kappa shape index (κ1) is 11.1. The molecule has 0 aromatic heterocycles. The molecule has 0 amide bonds. The van der Waals surface area contributed by atoms with Gasteiger partial charge in [-0.2, -0.15) is 0 Å². The van der Waals surface area contributed by atoms with E-state index in [-0.39, 0.29) is 0 Å². The van der Waals surface area contributed by atoms with E-state index in [9.17, 15) is 0 Å². The van der Waals surface area contributed by atoms with Crippen LogP contribution in [0, 0.1) is 35.5 Å². The molecule has 0 aliphatic heterocycles. The highest BCUT2D eigenvalue weighted by molar-refractivity contribution is 5.00. The van der Waals surface area contributed by atoms with Gasteiger partial charge >= 0.3 is 0 Å². The Morgan fingerprint density at radius 1 is 0.562 bits per heavy atom. The van der Waals surface area contributed by atoms with Gasteiger partial charge in [-0.25, -0.2) is 0 Å². The minimum absolute atomic E-state index is 1.04. The van der Waals surface area contributed by atoms with Crippen molar-refractivity contribution in [3.8, 4) is 0 Å². The van der Waals surface area contributed by atoms with Crippen molar-refractivity contribution in [2.45, 2.75) is 65.2 Å². The van der Waals surface area contributed by atoms with Gasteiger partial charge in [0, 0.05) is 0 Å². The van der Waals surface area contributed by atoms with Crippen molar-refractivity contribution in [2.75, 3.05) is 0 Å². The second-order valence-corrected chi connectivity index (χ2v) is 6.96. The van der Waals surface area contributed by atoms with E-state index in [2.05, 4.69) is 13.8 Å². The Morgan fingerprint density at radius 2 is 0.875 bits per heavy atom. The maximum Gasteiger partial charge on any atom is -0.0324 e. The minimum Gasteiger partial charge on any atom is -0.0620 e. The van der Waals surface area contributed by atoms with Crippen LogP contribution in [0.4, 0.5) is 0 Å². The Labute approximate surface area is 101 Å². The molecule has 3 aliphatic carbocycles. The molecule has 0 aromatic rings. The van der Waals surface area contributed by atoms with Crippen LogP contribution in [0.3, 0.4) is 0 Å².